The molecule has 358 valence electrons. The molecule has 0 aromatic rings. The molecule has 1 aliphatic carbocycles. The van der Waals surface area contributed by atoms with Crippen molar-refractivity contribution in [1.82, 2.24) is 4.90 Å². The molecule has 3 N–H and O–H groups in total. The molecule has 64 heavy (non-hydrogen) atoms. The van der Waals surface area contributed by atoms with Gasteiger partial charge in [-0.1, -0.05) is 71.1 Å². The second-order valence-corrected chi connectivity index (χ2v) is 19.2. The second-order valence-electron chi connectivity index (χ2n) is 19.2. The maximum absolute atomic E-state index is 14.3. The highest BCUT2D eigenvalue weighted by Crippen LogP contribution is 2.37. The molecule has 4 rings (SSSR count). The molecule has 3 fully saturated rings. The van der Waals surface area contributed by atoms with Crippen LogP contribution in [-0.2, 0) is 47.7 Å². The molecule has 0 aromatic heterocycles. The van der Waals surface area contributed by atoms with Crippen LogP contribution in [0.3, 0.4) is 0 Å². The van der Waals surface area contributed by atoms with Crippen molar-refractivity contribution in [3.63, 3.8) is 0 Å². The molecule has 1 saturated carbocycles. The number of amides is 1. The largest absolute Gasteiger partial charge is 0.460 e. The summed E-state index contributed by atoms with van der Waals surface area (Å²) in [6.45, 7) is 12.3. The molecule has 4 aliphatic rings. The Bertz CT molecular complexity index is 1780. The summed E-state index contributed by atoms with van der Waals surface area (Å²) in [5.41, 5.74) is 0.799. The van der Waals surface area contributed by atoms with Crippen molar-refractivity contribution >= 4 is 35.0 Å². The van der Waals surface area contributed by atoms with E-state index in [1.807, 2.05) is 26.0 Å². The number of piperidine rings is 1. The van der Waals surface area contributed by atoms with Crippen LogP contribution in [0.1, 0.15) is 126 Å². The van der Waals surface area contributed by atoms with Gasteiger partial charge < -0.3 is 39.2 Å². The van der Waals surface area contributed by atoms with Gasteiger partial charge in [0.15, 0.2) is 11.6 Å². The summed E-state index contributed by atoms with van der Waals surface area (Å²) in [6, 6.07) is -1.17. The minimum absolute atomic E-state index is 0.0224. The van der Waals surface area contributed by atoms with Gasteiger partial charge in [0.1, 0.15) is 30.1 Å². The molecule has 2 saturated heterocycles. The van der Waals surface area contributed by atoms with E-state index in [4.69, 9.17) is 18.9 Å². The number of carbonyl (C=O) groups is 6. The van der Waals surface area contributed by atoms with Gasteiger partial charge in [0, 0.05) is 51.4 Å². The van der Waals surface area contributed by atoms with Crippen molar-refractivity contribution in [1.29, 1.82) is 0 Å². The zero-order valence-electron chi connectivity index (χ0n) is 39.5. The fourth-order valence-corrected chi connectivity index (χ4v) is 9.73. The third kappa shape index (κ3) is 13.7. The average molecular weight is 898 g/mol. The van der Waals surface area contributed by atoms with Gasteiger partial charge in [0.25, 0.3) is 11.7 Å². The number of nitrogens with zero attached hydrogens (tertiary/aromatic N) is 1. The van der Waals surface area contributed by atoms with Crippen LogP contribution >= 0.6 is 0 Å². The van der Waals surface area contributed by atoms with Crippen molar-refractivity contribution in [2.75, 3.05) is 20.8 Å². The highest BCUT2D eigenvalue weighted by atomic mass is 16.6. The van der Waals surface area contributed by atoms with Crippen LogP contribution in [0.25, 0.3) is 0 Å². The SMILES string of the molecule is CO[C@@H]1C[C@H](C[C@@H](C)[C@@H]2CC(=O)[C@H](C)/C=C(\C)[C@@H](O)[C@@H](OC)C(=O)[C@H](C)C[C@H](C)/C=C/C=C/C=C(\C)C(=O)C[C@@H]3CC[C@@H](C)[C@@](O)(O3)C(=O)C(=O)N3CCCC[C@H]3C(=O)O2)CC[C@H]1O. The Balaban J connectivity index is 1.69. The van der Waals surface area contributed by atoms with Gasteiger partial charge in [-0.25, -0.2) is 4.79 Å². The number of ether oxygens (including phenoxy) is 4. The maximum atomic E-state index is 14.3. The van der Waals surface area contributed by atoms with E-state index >= 15 is 0 Å². The number of rotatable bonds is 5. The number of cyclic esters (lactones) is 1. The van der Waals surface area contributed by atoms with Crippen LogP contribution in [0, 0.1) is 35.5 Å². The molecular formula is C50H75NO13. The van der Waals surface area contributed by atoms with Gasteiger partial charge in [-0.2, -0.15) is 0 Å². The summed E-state index contributed by atoms with van der Waals surface area (Å²) in [7, 11) is 2.92. The monoisotopic (exact) mass is 898 g/mol. The summed E-state index contributed by atoms with van der Waals surface area (Å²) >= 11 is 0. The quantitative estimate of drug-likeness (QED) is 0.172. The Morgan fingerprint density at radius 2 is 1.59 bits per heavy atom. The number of aliphatic hydroxyl groups excluding tert-OH is 2. The lowest BCUT2D eigenvalue weighted by atomic mass is 9.78. The molecule has 0 aromatic carbocycles. The zero-order chi connectivity index (χ0) is 47.5. The normalized spacial score (nSPS) is 39.7. The maximum Gasteiger partial charge on any atom is 0.329 e. The fraction of sp³-hybridized carbons (Fsp3) is 0.720. The predicted octanol–water partition coefficient (Wildman–Crippen LogP) is 5.73. The number of ketones is 4. The van der Waals surface area contributed by atoms with E-state index in [1.165, 1.54) is 7.11 Å². The van der Waals surface area contributed by atoms with Gasteiger partial charge in [0.05, 0.1) is 18.3 Å². The summed E-state index contributed by atoms with van der Waals surface area (Å²) < 4.78 is 23.3. The molecule has 2 bridgehead atoms. The van der Waals surface area contributed by atoms with Crippen molar-refractivity contribution in [2.24, 2.45) is 35.5 Å². The lowest BCUT2D eigenvalue weighted by Crippen LogP contribution is -2.60. The smallest absolute Gasteiger partial charge is 0.329 e. The van der Waals surface area contributed by atoms with Crippen LogP contribution in [0.2, 0.25) is 0 Å². The number of allylic oxidation sites excluding steroid dienone is 7. The molecule has 14 atom stereocenters. The Kier molecular flexibility index (Phi) is 20.0. The lowest BCUT2D eigenvalue weighted by Gasteiger charge is -2.42. The van der Waals surface area contributed by atoms with Gasteiger partial charge in [-0.15, -0.1) is 0 Å². The van der Waals surface area contributed by atoms with Crippen LogP contribution in [0.4, 0.5) is 0 Å². The van der Waals surface area contributed by atoms with Crippen molar-refractivity contribution in [3.05, 3.63) is 47.6 Å². The van der Waals surface area contributed by atoms with Crippen LogP contribution in [-0.4, -0.2) is 124 Å². The molecule has 14 heteroatoms. The van der Waals surface area contributed by atoms with E-state index in [-0.39, 0.29) is 67.0 Å². The minimum Gasteiger partial charge on any atom is -0.460 e. The van der Waals surface area contributed by atoms with E-state index in [9.17, 15) is 44.1 Å². The number of aliphatic hydroxyl groups is 3. The summed E-state index contributed by atoms with van der Waals surface area (Å²) in [6.07, 6.45) is 9.74. The Hall–Kier alpha value is -3.66. The number of hydrogen-bond acceptors (Lipinski definition) is 13. The number of hydrogen-bond donors (Lipinski definition) is 3. The molecule has 0 spiro atoms. The van der Waals surface area contributed by atoms with E-state index < -0.39 is 77.8 Å². The molecule has 0 radical (unpaired) electrons. The number of Topliss-reactive ketones (excluding diaryl/α,β-unsaturated/α-hetero) is 4. The number of carbonyl (C=O) groups excluding carboxylic acids is 6. The zero-order valence-corrected chi connectivity index (χ0v) is 39.5. The first kappa shape index (κ1) is 53.0. The second kappa shape index (κ2) is 24.2. The van der Waals surface area contributed by atoms with Gasteiger partial charge in [-0.05, 0) is 107 Å². The van der Waals surface area contributed by atoms with Crippen molar-refractivity contribution < 1.29 is 63.0 Å². The van der Waals surface area contributed by atoms with Gasteiger partial charge >= 0.3 is 5.97 Å². The molecule has 3 heterocycles. The number of fused-ring (bicyclic) bond motifs is 3. The Morgan fingerprint density at radius 3 is 2.28 bits per heavy atom. The molecule has 14 nitrogen and oxygen atoms in total. The van der Waals surface area contributed by atoms with Crippen LogP contribution in [0.5, 0.6) is 0 Å². The minimum atomic E-state index is -2.52. The summed E-state index contributed by atoms with van der Waals surface area (Å²) in [5.74, 6) is -8.70. The predicted molar refractivity (Wildman–Crippen MR) is 239 cm³/mol. The highest BCUT2D eigenvalue weighted by molar-refractivity contribution is 6.39. The first-order valence-electron chi connectivity index (χ1n) is 23.4. The van der Waals surface area contributed by atoms with E-state index in [0.29, 0.717) is 68.9 Å². The third-order valence-electron chi connectivity index (χ3n) is 14.0. The molecule has 3 aliphatic heterocycles. The number of methoxy groups -OCH3 is 2. The Labute approximate surface area is 379 Å². The highest BCUT2D eigenvalue weighted by Gasteiger charge is 2.53. The van der Waals surface area contributed by atoms with Crippen LogP contribution in [0.15, 0.2) is 47.6 Å². The topological polar surface area (TPSA) is 203 Å². The average Bonchev–Trinajstić information content (AvgIpc) is 3.26. The summed E-state index contributed by atoms with van der Waals surface area (Å²) in [4.78, 5) is 84.6. The standard InChI is InChI=1S/C50H75NO13/c1-29-15-11-10-12-16-30(2)40(53)27-37-20-18-35(7)50(60,64-37)47(57)48(58)51-22-14-13-17-38(51)49(59)63-42(32(4)25-36-19-21-39(52)43(26-36)61-8)28-41(54)31(3)24-34(6)45(56)46(62-9)44(55)33(5)23-29/h10-12,15-16,24,29,31-33,35-39,42-43,45-46,52,56,60H,13-14,17-23,25-28H2,1-9H3/b12-10+,15-11+,30-16+,34-24+/t29-,31-,32-,33-,35-,36+,37+,38+,39-,42+,43-,45-,46+,50-/m1/s1. The lowest BCUT2D eigenvalue weighted by molar-refractivity contribution is -0.262. The number of esters is 1. The molecule has 0 unspecified atom stereocenters. The van der Waals surface area contributed by atoms with E-state index in [0.717, 1.165) is 4.90 Å². The molecule has 1 amide bonds. The first-order valence-corrected chi connectivity index (χ1v) is 23.4. The van der Waals surface area contributed by atoms with E-state index in [1.54, 1.807) is 66.0 Å². The van der Waals surface area contributed by atoms with Crippen molar-refractivity contribution in [2.45, 2.75) is 174 Å². The van der Waals surface area contributed by atoms with Gasteiger partial charge in [0.2, 0.25) is 5.79 Å². The fourth-order valence-electron chi connectivity index (χ4n) is 9.73. The molecular weight excluding hydrogens is 823 g/mol. The summed E-state index contributed by atoms with van der Waals surface area (Å²) in [5, 5.41) is 33.6. The first-order chi connectivity index (χ1) is 30.2. The van der Waals surface area contributed by atoms with Gasteiger partial charge in [-0.3, -0.25) is 24.0 Å². The van der Waals surface area contributed by atoms with Crippen molar-refractivity contribution in [3.8, 4) is 0 Å². The van der Waals surface area contributed by atoms with Crippen LogP contribution < -0.4 is 0 Å². The third-order valence-corrected chi connectivity index (χ3v) is 14.0. The van der Waals surface area contributed by atoms with E-state index in [2.05, 4.69) is 0 Å². The Morgan fingerprint density at radius 1 is 0.875 bits per heavy atom.